The van der Waals surface area contributed by atoms with Gasteiger partial charge in [-0.1, -0.05) is 24.3 Å². The summed E-state index contributed by atoms with van der Waals surface area (Å²) in [6.45, 7) is 6.36. The van der Waals surface area contributed by atoms with Crippen LogP contribution < -0.4 is 10.6 Å². The molecule has 200 valence electrons. The smallest absolute Gasteiger partial charge is 0.407 e. The predicted octanol–water partition coefficient (Wildman–Crippen LogP) is 4.30. The van der Waals surface area contributed by atoms with Gasteiger partial charge in [-0.3, -0.25) is 14.9 Å². The number of aromatic carboxylic acids is 1. The summed E-state index contributed by atoms with van der Waals surface area (Å²) in [6.07, 6.45) is 3.60. The number of hydrogen-bond donors (Lipinski definition) is 4. The molecule has 0 fully saturated rings. The molecule has 0 atom stereocenters. The van der Waals surface area contributed by atoms with Crippen LogP contribution >= 0.6 is 0 Å². The van der Waals surface area contributed by atoms with E-state index in [2.05, 4.69) is 15.6 Å². The number of rotatable bonds is 7. The van der Waals surface area contributed by atoms with E-state index in [9.17, 15) is 24.3 Å². The van der Waals surface area contributed by atoms with Gasteiger partial charge in [0.2, 0.25) is 0 Å². The van der Waals surface area contributed by atoms with Crippen molar-refractivity contribution in [3.63, 3.8) is 0 Å². The molecule has 2 aromatic carbocycles. The lowest BCUT2D eigenvalue weighted by atomic mass is 9.95. The van der Waals surface area contributed by atoms with Crippen LogP contribution in [0, 0.1) is 0 Å². The number of fused-ring (bicyclic) bond motifs is 2. The van der Waals surface area contributed by atoms with Crippen molar-refractivity contribution >= 4 is 56.8 Å². The van der Waals surface area contributed by atoms with Crippen LogP contribution in [0.2, 0.25) is 0 Å². The summed E-state index contributed by atoms with van der Waals surface area (Å²) >= 11 is 0. The highest BCUT2D eigenvalue weighted by molar-refractivity contribution is 6.50. The third-order valence-corrected chi connectivity index (χ3v) is 6.43. The third-order valence-electron chi connectivity index (χ3n) is 6.43. The van der Waals surface area contributed by atoms with E-state index in [1.807, 2.05) is 35.0 Å². The molecule has 4 aromatic rings. The second kappa shape index (κ2) is 9.79. The molecule has 4 N–H and O–H groups in total. The van der Waals surface area contributed by atoms with Gasteiger partial charge < -0.3 is 24.7 Å². The number of ether oxygens (including phenoxy) is 1. The number of nitrogens with one attached hydrogen (secondary N) is 3. The lowest BCUT2D eigenvalue weighted by molar-refractivity contribution is -0.122. The molecule has 0 radical (unpaired) electrons. The van der Waals surface area contributed by atoms with E-state index in [0.29, 0.717) is 41.5 Å². The fraction of sp³-hybridized carbons (Fsp3) is 0.241. The Kier molecular flexibility index (Phi) is 6.47. The van der Waals surface area contributed by atoms with Gasteiger partial charge in [0.15, 0.2) is 0 Å². The topological polar surface area (TPSA) is 143 Å². The SMILES string of the molecule is CC(C)(C)OC(=O)NCCCn1cc(C2=C(c3c[nH]c4cc(C(=O)O)ccc34)C(=O)NC2=O)c2ccccc21. The molecule has 0 bridgehead atoms. The van der Waals surface area contributed by atoms with Crippen molar-refractivity contribution in [3.05, 3.63) is 71.5 Å². The van der Waals surface area contributed by atoms with Gasteiger partial charge in [0.1, 0.15) is 5.60 Å². The van der Waals surface area contributed by atoms with Crippen LogP contribution in [-0.2, 0) is 20.9 Å². The standard InChI is InChI=1S/C29H28N4O6/c1-29(2,3)39-28(38)30-11-6-12-33-15-20(18-7-4-5-8-22(18)33)24-23(25(34)32-26(24)35)19-14-31-21-13-16(27(36)37)9-10-17(19)21/h4-5,7-10,13-15,31H,6,11-12H2,1-3H3,(H,30,38)(H,36,37)(H,32,34,35). The number of carbonyl (C=O) groups excluding carboxylic acids is 3. The molecule has 10 nitrogen and oxygen atoms in total. The molecule has 0 saturated carbocycles. The zero-order chi connectivity index (χ0) is 27.9. The fourth-order valence-electron chi connectivity index (χ4n) is 4.82. The predicted molar refractivity (Wildman–Crippen MR) is 146 cm³/mol. The fourth-order valence-corrected chi connectivity index (χ4v) is 4.82. The first-order valence-electron chi connectivity index (χ1n) is 12.5. The average Bonchev–Trinajstić information content (AvgIpc) is 3.53. The van der Waals surface area contributed by atoms with E-state index >= 15 is 0 Å². The van der Waals surface area contributed by atoms with Crippen molar-refractivity contribution in [2.24, 2.45) is 0 Å². The van der Waals surface area contributed by atoms with Crippen LogP contribution in [0.5, 0.6) is 0 Å². The normalized spacial score (nSPS) is 13.8. The number of amides is 3. The lowest BCUT2D eigenvalue weighted by Gasteiger charge is -2.19. The number of hydrogen-bond acceptors (Lipinski definition) is 5. The zero-order valence-corrected chi connectivity index (χ0v) is 21.8. The number of carbonyl (C=O) groups is 4. The first kappa shape index (κ1) is 25.8. The van der Waals surface area contributed by atoms with Gasteiger partial charge in [0.25, 0.3) is 11.8 Å². The molecule has 2 aromatic heterocycles. The summed E-state index contributed by atoms with van der Waals surface area (Å²) in [7, 11) is 0. The number of benzene rings is 2. The summed E-state index contributed by atoms with van der Waals surface area (Å²) in [5.74, 6) is -2.08. The summed E-state index contributed by atoms with van der Waals surface area (Å²) in [6, 6.07) is 12.2. The molecule has 10 heteroatoms. The van der Waals surface area contributed by atoms with Crippen molar-refractivity contribution in [2.75, 3.05) is 6.54 Å². The van der Waals surface area contributed by atoms with Crippen LogP contribution in [0.1, 0.15) is 48.7 Å². The Bertz CT molecular complexity index is 1680. The number of carboxylic acids is 1. The van der Waals surface area contributed by atoms with Gasteiger partial charge in [-0.15, -0.1) is 0 Å². The van der Waals surface area contributed by atoms with Gasteiger partial charge in [-0.2, -0.15) is 0 Å². The lowest BCUT2D eigenvalue weighted by Crippen LogP contribution is -2.33. The Balaban J connectivity index is 1.51. The molecule has 39 heavy (non-hydrogen) atoms. The number of imide groups is 1. The van der Waals surface area contributed by atoms with Crippen molar-refractivity contribution in [1.29, 1.82) is 0 Å². The van der Waals surface area contributed by atoms with Gasteiger partial charge in [-0.25, -0.2) is 9.59 Å². The van der Waals surface area contributed by atoms with Crippen molar-refractivity contribution in [2.45, 2.75) is 39.3 Å². The highest BCUT2D eigenvalue weighted by atomic mass is 16.6. The quantitative estimate of drug-likeness (QED) is 0.208. The van der Waals surface area contributed by atoms with E-state index in [4.69, 9.17) is 4.74 Å². The van der Waals surface area contributed by atoms with Gasteiger partial charge in [-0.05, 0) is 45.4 Å². The van der Waals surface area contributed by atoms with E-state index < -0.39 is 29.5 Å². The summed E-state index contributed by atoms with van der Waals surface area (Å²) in [5.41, 5.74) is 2.57. The van der Waals surface area contributed by atoms with Crippen LogP contribution in [0.3, 0.4) is 0 Å². The molecular formula is C29H28N4O6. The van der Waals surface area contributed by atoms with Gasteiger partial charge in [0, 0.05) is 58.4 Å². The van der Waals surface area contributed by atoms with Crippen LogP contribution in [0.25, 0.3) is 33.0 Å². The molecular weight excluding hydrogens is 500 g/mol. The Morgan fingerprint density at radius 1 is 1.00 bits per heavy atom. The Morgan fingerprint density at radius 2 is 1.72 bits per heavy atom. The van der Waals surface area contributed by atoms with Crippen LogP contribution in [0.4, 0.5) is 4.79 Å². The molecule has 0 spiro atoms. The second-order valence-corrected chi connectivity index (χ2v) is 10.3. The molecule has 1 aliphatic heterocycles. The zero-order valence-electron chi connectivity index (χ0n) is 21.8. The van der Waals surface area contributed by atoms with Gasteiger partial charge in [0.05, 0.1) is 16.7 Å². The highest BCUT2D eigenvalue weighted by Gasteiger charge is 2.35. The number of alkyl carbamates (subject to hydrolysis) is 1. The maximum Gasteiger partial charge on any atom is 0.407 e. The van der Waals surface area contributed by atoms with E-state index in [-0.39, 0.29) is 16.7 Å². The average molecular weight is 529 g/mol. The Hall–Kier alpha value is -4.86. The first-order valence-corrected chi connectivity index (χ1v) is 12.5. The number of carboxylic acid groups (broad SMARTS) is 1. The molecule has 3 amide bonds. The van der Waals surface area contributed by atoms with Crippen LogP contribution in [-0.4, -0.2) is 50.7 Å². The molecule has 1 aliphatic rings. The summed E-state index contributed by atoms with van der Waals surface area (Å²) in [5, 5.41) is 15.9. The second-order valence-electron chi connectivity index (χ2n) is 10.3. The summed E-state index contributed by atoms with van der Waals surface area (Å²) < 4.78 is 7.28. The maximum atomic E-state index is 13.1. The molecule has 0 unspecified atom stereocenters. The minimum atomic E-state index is -1.06. The third kappa shape index (κ3) is 5.00. The highest BCUT2D eigenvalue weighted by Crippen LogP contribution is 2.38. The largest absolute Gasteiger partial charge is 0.478 e. The van der Waals surface area contributed by atoms with E-state index in [1.54, 1.807) is 33.0 Å². The number of nitrogens with zero attached hydrogens (tertiary/aromatic N) is 1. The van der Waals surface area contributed by atoms with Crippen molar-refractivity contribution in [3.8, 4) is 0 Å². The number of aromatic nitrogens is 2. The van der Waals surface area contributed by atoms with E-state index in [1.165, 1.54) is 12.1 Å². The van der Waals surface area contributed by atoms with E-state index in [0.717, 1.165) is 10.9 Å². The first-order chi connectivity index (χ1) is 18.5. The Morgan fingerprint density at radius 3 is 2.44 bits per heavy atom. The van der Waals surface area contributed by atoms with Gasteiger partial charge >= 0.3 is 12.1 Å². The van der Waals surface area contributed by atoms with Crippen molar-refractivity contribution in [1.82, 2.24) is 20.2 Å². The molecule has 5 rings (SSSR count). The molecule has 0 saturated heterocycles. The minimum Gasteiger partial charge on any atom is -0.478 e. The Labute approximate surface area is 223 Å². The molecule has 3 heterocycles. The maximum absolute atomic E-state index is 13.1. The summed E-state index contributed by atoms with van der Waals surface area (Å²) in [4.78, 5) is 52.6. The van der Waals surface area contributed by atoms with Crippen LogP contribution in [0.15, 0.2) is 54.9 Å². The van der Waals surface area contributed by atoms with Crippen molar-refractivity contribution < 1.29 is 29.0 Å². The number of aromatic amines is 1. The number of H-pyrrole nitrogens is 1. The number of para-hydroxylation sites is 1. The number of aryl methyl sites for hydroxylation is 1. The molecule has 0 aliphatic carbocycles. The minimum absolute atomic E-state index is 0.112. The monoisotopic (exact) mass is 528 g/mol.